The zero-order valence-corrected chi connectivity index (χ0v) is 15.3. The Morgan fingerprint density at radius 2 is 1.96 bits per heavy atom. The number of hydrogen-bond acceptors (Lipinski definition) is 5. The highest BCUT2D eigenvalue weighted by Gasteiger charge is 2.40. The van der Waals surface area contributed by atoms with Crippen LogP contribution in [-0.2, 0) is 6.54 Å². The summed E-state index contributed by atoms with van der Waals surface area (Å²) < 4.78 is 0. The van der Waals surface area contributed by atoms with Crippen LogP contribution in [0.5, 0.6) is 0 Å². The van der Waals surface area contributed by atoms with Crippen molar-refractivity contribution in [2.45, 2.75) is 24.9 Å². The van der Waals surface area contributed by atoms with Crippen LogP contribution in [0.25, 0.3) is 0 Å². The Labute approximate surface area is 153 Å². The lowest BCUT2D eigenvalue weighted by atomic mass is 9.88. The average molecular weight is 353 g/mol. The molecule has 130 valence electrons. The fourth-order valence-corrected chi connectivity index (χ4v) is 4.72. The first-order chi connectivity index (χ1) is 12.3. The molecule has 2 aliphatic rings. The Morgan fingerprint density at radius 3 is 2.80 bits per heavy atom. The summed E-state index contributed by atoms with van der Waals surface area (Å²) in [5.41, 5.74) is 4.51. The second-order valence-corrected chi connectivity index (χ2v) is 7.83. The van der Waals surface area contributed by atoms with E-state index in [1.54, 1.807) is 0 Å². The van der Waals surface area contributed by atoms with E-state index in [0.717, 1.165) is 42.3 Å². The Bertz CT molecular complexity index is 781. The fraction of sp³-hybridized carbons (Fsp3) is 0.350. The van der Waals surface area contributed by atoms with Gasteiger partial charge in [0.1, 0.15) is 5.84 Å². The van der Waals surface area contributed by atoms with Gasteiger partial charge < -0.3 is 16.0 Å². The second-order valence-electron chi connectivity index (χ2n) is 6.60. The Balaban J connectivity index is 1.61. The zero-order chi connectivity index (χ0) is 17.1. The first-order valence-electron chi connectivity index (χ1n) is 8.84. The number of nitrogens with one attached hydrogen (secondary N) is 3. The molecule has 0 atom stereocenters. The third-order valence-electron chi connectivity index (χ3n) is 4.99. The molecule has 0 unspecified atom stereocenters. The molecule has 0 aliphatic carbocycles. The lowest BCUT2D eigenvalue weighted by molar-refractivity contribution is 0.543. The number of anilines is 2. The molecule has 4 rings (SSSR count). The van der Waals surface area contributed by atoms with Crippen LogP contribution >= 0.6 is 11.8 Å². The molecule has 0 saturated carbocycles. The minimum atomic E-state index is -0.0553. The number of thioether (sulfide) groups is 1. The van der Waals surface area contributed by atoms with Gasteiger partial charge in [-0.25, -0.2) is 4.99 Å². The van der Waals surface area contributed by atoms with Gasteiger partial charge in [-0.2, -0.15) is 11.8 Å². The first kappa shape index (κ1) is 16.3. The molecule has 2 aromatic carbocycles. The monoisotopic (exact) mass is 352 g/mol. The maximum absolute atomic E-state index is 5.00. The van der Waals surface area contributed by atoms with E-state index in [9.17, 15) is 0 Å². The summed E-state index contributed by atoms with van der Waals surface area (Å²) in [6, 6.07) is 16.8. The van der Waals surface area contributed by atoms with Gasteiger partial charge in [-0.15, -0.1) is 0 Å². The second kappa shape index (κ2) is 7.00. The van der Waals surface area contributed by atoms with Crippen molar-refractivity contribution < 1.29 is 0 Å². The van der Waals surface area contributed by atoms with Crippen molar-refractivity contribution in [2.75, 3.05) is 29.2 Å². The average Bonchev–Trinajstić information content (AvgIpc) is 2.67. The van der Waals surface area contributed by atoms with Gasteiger partial charge in [-0.05, 0) is 54.2 Å². The van der Waals surface area contributed by atoms with Gasteiger partial charge in [0, 0.05) is 19.3 Å². The number of benzene rings is 2. The van der Waals surface area contributed by atoms with E-state index >= 15 is 0 Å². The normalized spacial score (nSPS) is 18.0. The first-order valence-corrected chi connectivity index (χ1v) is 9.99. The number of para-hydroxylation sites is 2. The molecule has 2 aliphatic heterocycles. The maximum Gasteiger partial charge on any atom is 0.128 e. The summed E-state index contributed by atoms with van der Waals surface area (Å²) in [7, 11) is 1.95. The summed E-state index contributed by atoms with van der Waals surface area (Å²) in [6.07, 6.45) is 2.21. The van der Waals surface area contributed by atoms with E-state index in [1.165, 1.54) is 17.1 Å². The molecule has 4 nitrogen and oxygen atoms in total. The largest absolute Gasteiger partial charge is 0.388 e. The van der Waals surface area contributed by atoms with Crippen LogP contribution < -0.4 is 16.0 Å². The van der Waals surface area contributed by atoms with E-state index in [1.807, 2.05) is 24.9 Å². The van der Waals surface area contributed by atoms with Crippen LogP contribution in [0.3, 0.4) is 0 Å². The molecule has 2 heterocycles. The predicted octanol–water partition coefficient (Wildman–Crippen LogP) is 4.24. The molecule has 0 bridgehead atoms. The summed E-state index contributed by atoms with van der Waals surface area (Å²) in [6.45, 7) is 0.785. The van der Waals surface area contributed by atoms with Gasteiger partial charge in [0.25, 0.3) is 0 Å². The summed E-state index contributed by atoms with van der Waals surface area (Å²) in [5.74, 6) is 3.43. The SMILES string of the molecule is CNc1cccc(CNC2=Nc3ccccc3NC23CCSCC3)c1. The van der Waals surface area contributed by atoms with Crippen LogP contribution in [0.1, 0.15) is 18.4 Å². The smallest absolute Gasteiger partial charge is 0.128 e. The molecular formula is C20H24N4S. The minimum Gasteiger partial charge on any atom is -0.388 e. The standard InChI is InChI=1S/C20H24N4S/c1-21-16-6-4-5-15(13-16)14-22-19-20(9-11-25-12-10-20)24-18-8-3-2-7-17(18)23-19/h2-8,13,21,24H,9-12,14H2,1H3,(H,22,23). The molecule has 0 radical (unpaired) electrons. The third-order valence-corrected chi connectivity index (χ3v) is 5.97. The van der Waals surface area contributed by atoms with Crippen molar-refractivity contribution in [3.63, 3.8) is 0 Å². The number of amidine groups is 1. The van der Waals surface area contributed by atoms with E-state index in [0.29, 0.717) is 0 Å². The fourth-order valence-electron chi connectivity index (χ4n) is 3.53. The molecule has 1 fully saturated rings. The van der Waals surface area contributed by atoms with Gasteiger partial charge in [0.15, 0.2) is 0 Å². The summed E-state index contributed by atoms with van der Waals surface area (Å²) >= 11 is 2.03. The molecule has 0 aromatic heterocycles. The third kappa shape index (κ3) is 3.33. The van der Waals surface area contributed by atoms with Gasteiger partial charge in [-0.1, -0.05) is 24.3 Å². The number of aliphatic imine (C=N–C) groups is 1. The molecule has 2 aromatic rings. The van der Waals surface area contributed by atoms with Gasteiger partial charge in [0.05, 0.1) is 16.9 Å². The summed E-state index contributed by atoms with van der Waals surface area (Å²) in [4.78, 5) is 5.00. The number of hydrogen-bond donors (Lipinski definition) is 3. The van der Waals surface area contributed by atoms with Gasteiger partial charge >= 0.3 is 0 Å². The number of fused-ring (bicyclic) bond motifs is 1. The van der Waals surface area contributed by atoms with Crippen molar-refractivity contribution in [1.29, 1.82) is 0 Å². The van der Waals surface area contributed by atoms with Crippen LogP contribution in [-0.4, -0.2) is 29.9 Å². The van der Waals surface area contributed by atoms with Crippen molar-refractivity contribution in [2.24, 2.45) is 4.99 Å². The van der Waals surface area contributed by atoms with Crippen LogP contribution in [0.4, 0.5) is 17.1 Å². The van der Waals surface area contributed by atoms with E-state index in [4.69, 9.17) is 4.99 Å². The highest BCUT2D eigenvalue weighted by atomic mass is 32.2. The van der Waals surface area contributed by atoms with Gasteiger partial charge in [0.2, 0.25) is 0 Å². The van der Waals surface area contributed by atoms with Crippen molar-refractivity contribution >= 4 is 34.7 Å². The molecule has 0 amide bonds. The van der Waals surface area contributed by atoms with E-state index < -0.39 is 0 Å². The van der Waals surface area contributed by atoms with Crippen molar-refractivity contribution in [3.8, 4) is 0 Å². The topological polar surface area (TPSA) is 48.5 Å². The highest BCUT2D eigenvalue weighted by Crippen LogP contribution is 2.39. The van der Waals surface area contributed by atoms with Crippen LogP contribution in [0, 0.1) is 0 Å². The van der Waals surface area contributed by atoms with E-state index in [2.05, 4.69) is 58.4 Å². The molecule has 3 N–H and O–H groups in total. The zero-order valence-electron chi connectivity index (χ0n) is 14.5. The van der Waals surface area contributed by atoms with Crippen molar-refractivity contribution in [3.05, 3.63) is 54.1 Å². The molecular weight excluding hydrogens is 328 g/mol. The maximum atomic E-state index is 5.00. The Hall–Kier alpha value is -2.14. The number of rotatable bonds is 3. The number of nitrogens with zero attached hydrogens (tertiary/aromatic N) is 1. The quantitative estimate of drug-likeness (QED) is 0.773. The van der Waals surface area contributed by atoms with Crippen LogP contribution in [0.15, 0.2) is 53.5 Å². The van der Waals surface area contributed by atoms with E-state index in [-0.39, 0.29) is 5.54 Å². The molecule has 1 spiro atoms. The lowest BCUT2D eigenvalue weighted by Crippen LogP contribution is -2.55. The Morgan fingerprint density at radius 1 is 1.12 bits per heavy atom. The lowest BCUT2D eigenvalue weighted by Gasteiger charge is -2.42. The highest BCUT2D eigenvalue weighted by molar-refractivity contribution is 7.99. The molecule has 25 heavy (non-hydrogen) atoms. The molecule has 5 heteroatoms. The minimum absolute atomic E-state index is 0.0553. The van der Waals surface area contributed by atoms with Crippen molar-refractivity contribution in [1.82, 2.24) is 5.32 Å². The Kier molecular flexibility index (Phi) is 4.57. The van der Waals surface area contributed by atoms with Gasteiger partial charge in [-0.3, -0.25) is 0 Å². The predicted molar refractivity (Wildman–Crippen MR) is 109 cm³/mol. The molecule has 1 saturated heterocycles. The summed E-state index contributed by atoms with van der Waals surface area (Å²) in [5, 5.41) is 10.6. The van der Waals surface area contributed by atoms with Crippen LogP contribution in [0.2, 0.25) is 0 Å².